The van der Waals surface area contributed by atoms with E-state index in [0.29, 0.717) is 12.3 Å². The molecule has 0 saturated heterocycles. The summed E-state index contributed by atoms with van der Waals surface area (Å²) in [7, 11) is 0. The number of halogens is 1. The van der Waals surface area contributed by atoms with Gasteiger partial charge in [0.1, 0.15) is 0 Å². The van der Waals surface area contributed by atoms with Crippen molar-refractivity contribution in [2.45, 2.75) is 39.5 Å². The molecule has 1 aliphatic carbocycles. The first-order valence-electron chi connectivity index (χ1n) is 6.17. The summed E-state index contributed by atoms with van der Waals surface area (Å²) in [5, 5.41) is 13.3. The molecule has 1 amide bonds. The van der Waals surface area contributed by atoms with E-state index in [0.717, 1.165) is 19.3 Å². The summed E-state index contributed by atoms with van der Waals surface area (Å²) in [5.41, 5.74) is -0.142. The largest absolute Gasteiger partial charge is 1.00 e. The van der Waals surface area contributed by atoms with Crippen LogP contribution < -0.4 is 40.0 Å². The average molecular weight is 296 g/mol. The SMILES string of the molecule is CC1(C)C[C@@H]1C(=O)NC(=CCCCCCl)C(=O)[O-].[Na+]. The third kappa shape index (κ3) is 6.30. The van der Waals surface area contributed by atoms with E-state index in [1.165, 1.54) is 6.08 Å². The number of hydrogen-bond donors (Lipinski definition) is 1. The number of unbranched alkanes of at least 4 members (excludes halogenated alkanes) is 2. The zero-order valence-corrected chi connectivity index (χ0v) is 14.5. The van der Waals surface area contributed by atoms with Crippen molar-refractivity contribution in [2.24, 2.45) is 11.3 Å². The molecule has 1 rings (SSSR count). The fourth-order valence-corrected chi connectivity index (χ4v) is 1.99. The molecule has 19 heavy (non-hydrogen) atoms. The van der Waals surface area contributed by atoms with Crippen molar-refractivity contribution in [3.05, 3.63) is 11.8 Å². The summed E-state index contributed by atoms with van der Waals surface area (Å²) in [6.07, 6.45) is 4.48. The molecule has 0 spiro atoms. The molecule has 0 aromatic heterocycles. The number of aliphatic carboxylic acids is 1. The smallest absolute Gasteiger partial charge is 0.543 e. The van der Waals surface area contributed by atoms with E-state index in [1.54, 1.807) is 0 Å². The van der Waals surface area contributed by atoms with Crippen LogP contribution in [-0.2, 0) is 9.59 Å². The van der Waals surface area contributed by atoms with Gasteiger partial charge in [-0.2, -0.15) is 0 Å². The molecule has 1 saturated carbocycles. The van der Waals surface area contributed by atoms with E-state index in [9.17, 15) is 14.7 Å². The zero-order chi connectivity index (χ0) is 13.8. The normalized spacial score (nSPS) is 20.4. The summed E-state index contributed by atoms with van der Waals surface area (Å²) in [6.45, 7) is 3.97. The van der Waals surface area contributed by atoms with Gasteiger partial charge in [-0.3, -0.25) is 4.79 Å². The quantitative estimate of drug-likeness (QED) is 0.261. The Bertz CT molecular complexity index is 369. The van der Waals surface area contributed by atoms with Gasteiger partial charge in [0.25, 0.3) is 0 Å². The minimum Gasteiger partial charge on any atom is -0.543 e. The van der Waals surface area contributed by atoms with Gasteiger partial charge < -0.3 is 15.2 Å². The van der Waals surface area contributed by atoms with Gasteiger partial charge in [0.05, 0.1) is 11.7 Å². The molecule has 1 aliphatic rings. The number of alkyl halides is 1. The minimum absolute atomic E-state index is 0. The molecule has 0 bridgehead atoms. The van der Waals surface area contributed by atoms with E-state index in [1.807, 2.05) is 13.8 Å². The Balaban J connectivity index is 0.00000324. The second-order valence-electron chi connectivity index (χ2n) is 5.32. The molecule has 0 aromatic rings. The zero-order valence-electron chi connectivity index (χ0n) is 11.8. The number of carbonyl (C=O) groups is 2. The van der Waals surface area contributed by atoms with E-state index in [4.69, 9.17) is 11.6 Å². The number of rotatable bonds is 7. The average Bonchev–Trinajstić information content (AvgIpc) is 2.92. The standard InChI is InChI=1S/C13H20ClNO3.Na/c1-13(2)8-9(13)11(16)15-10(12(17)18)6-4-3-5-7-14;/h6,9H,3-5,7-8H2,1-2H3,(H,15,16)(H,17,18);/q;+1/p-1/t9-;/m1./s1. The van der Waals surface area contributed by atoms with Gasteiger partial charge in [-0.05, 0) is 31.1 Å². The third-order valence-electron chi connectivity index (χ3n) is 3.24. The number of carboxylic acids is 1. The van der Waals surface area contributed by atoms with Crippen LogP contribution in [0.5, 0.6) is 0 Å². The van der Waals surface area contributed by atoms with Crippen LogP contribution in [-0.4, -0.2) is 17.8 Å². The Hall–Kier alpha value is -0.0300. The number of allylic oxidation sites excluding steroid dienone is 1. The summed E-state index contributed by atoms with van der Waals surface area (Å²) in [5.74, 6) is -1.11. The van der Waals surface area contributed by atoms with Crippen LogP contribution in [0.25, 0.3) is 0 Å². The fraction of sp³-hybridized carbons (Fsp3) is 0.692. The van der Waals surface area contributed by atoms with Crippen molar-refractivity contribution >= 4 is 23.5 Å². The number of nitrogens with one attached hydrogen (secondary N) is 1. The van der Waals surface area contributed by atoms with Crippen LogP contribution in [0.4, 0.5) is 0 Å². The summed E-state index contributed by atoms with van der Waals surface area (Å²) in [6, 6.07) is 0. The second-order valence-corrected chi connectivity index (χ2v) is 5.70. The van der Waals surface area contributed by atoms with Gasteiger partial charge in [0.15, 0.2) is 0 Å². The topological polar surface area (TPSA) is 69.2 Å². The Morgan fingerprint density at radius 1 is 1.42 bits per heavy atom. The predicted octanol–water partition coefficient (Wildman–Crippen LogP) is -1.80. The van der Waals surface area contributed by atoms with E-state index in [-0.39, 0.29) is 52.5 Å². The van der Waals surface area contributed by atoms with Crippen LogP contribution in [0, 0.1) is 11.3 Å². The molecule has 6 heteroatoms. The van der Waals surface area contributed by atoms with Gasteiger partial charge >= 0.3 is 29.6 Å². The molecule has 1 fully saturated rings. The van der Waals surface area contributed by atoms with Crippen molar-refractivity contribution in [3.8, 4) is 0 Å². The van der Waals surface area contributed by atoms with Crippen LogP contribution in [0.2, 0.25) is 0 Å². The van der Waals surface area contributed by atoms with E-state index >= 15 is 0 Å². The second kappa shape index (κ2) is 8.30. The van der Waals surface area contributed by atoms with Crippen molar-refractivity contribution in [1.29, 1.82) is 0 Å². The maximum absolute atomic E-state index is 11.8. The van der Waals surface area contributed by atoms with Crippen molar-refractivity contribution < 1.29 is 44.3 Å². The summed E-state index contributed by atoms with van der Waals surface area (Å²) in [4.78, 5) is 22.6. The Kier molecular flexibility index (Phi) is 8.29. The number of hydrogen-bond acceptors (Lipinski definition) is 3. The Labute approximate surface area is 141 Å². The Morgan fingerprint density at radius 2 is 2.00 bits per heavy atom. The fourth-order valence-electron chi connectivity index (χ4n) is 1.81. The molecule has 0 heterocycles. The molecule has 102 valence electrons. The molecular formula is C13H19ClNNaO3. The van der Waals surface area contributed by atoms with E-state index < -0.39 is 5.97 Å². The summed E-state index contributed by atoms with van der Waals surface area (Å²) >= 11 is 5.53. The number of carbonyl (C=O) groups excluding carboxylic acids is 2. The van der Waals surface area contributed by atoms with Gasteiger partial charge in [0.2, 0.25) is 5.91 Å². The van der Waals surface area contributed by atoms with Crippen LogP contribution in [0.15, 0.2) is 11.8 Å². The Morgan fingerprint density at radius 3 is 2.42 bits per heavy atom. The van der Waals surface area contributed by atoms with Crippen LogP contribution >= 0.6 is 11.6 Å². The molecular weight excluding hydrogens is 277 g/mol. The maximum atomic E-state index is 11.8. The predicted molar refractivity (Wildman–Crippen MR) is 67.7 cm³/mol. The van der Waals surface area contributed by atoms with Gasteiger partial charge in [-0.25, -0.2) is 0 Å². The molecule has 0 unspecified atom stereocenters. The van der Waals surface area contributed by atoms with E-state index in [2.05, 4.69) is 5.32 Å². The van der Waals surface area contributed by atoms with Gasteiger partial charge in [0, 0.05) is 11.8 Å². The maximum Gasteiger partial charge on any atom is 1.00 e. The monoisotopic (exact) mass is 295 g/mol. The minimum atomic E-state index is -1.34. The van der Waals surface area contributed by atoms with Gasteiger partial charge in [-0.1, -0.05) is 19.9 Å². The molecule has 0 radical (unpaired) electrons. The molecule has 4 nitrogen and oxygen atoms in total. The van der Waals surface area contributed by atoms with Crippen molar-refractivity contribution in [2.75, 3.05) is 5.88 Å². The van der Waals surface area contributed by atoms with Crippen LogP contribution in [0.3, 0.4) is 0 Å². The number of amides is 1. The number of carboxylic acid groups (broad SMARTS) is 1. The first-order valence-corrected chi connectivity index (χ1v) is 6.70. The van der Waals surface area contributed by atoms with Crippen molar-refractivity contribution in [3.63, 3.8) is 0 Å². The molecule has 1 N–H and O–H groups in total. The van der Waals surface area contributed by atoms with Crippen LogP contribution in [0.1, 0.15) is 39.5 Å². The first kappa shape index (κ1) is 19.0. The molecule has 1 atom stereocenters. The molecule has 0 aromatic carbocycles. The summed E-state index contributed by atoms with van der Waals surface area (Å²) < 4.78 is 0. The molecule has 0 aliphatic heterocycles. The van der Waals surface area contributed by atoms with Gasteiger partial charge in [-0.15, -0.1) is 11.6 Å². The first-order chi connectivity index (χ1) is 8.38. The van der Waals surface area contributed by atoms with Crippen molar-refractivity contribution in [1.82, 2.24) is 5.32 Å². The third-order valence-corrected chi connectivity index (χ3v) is 3.51.